The molecule has 0 bridgehead atoms. The molecule has 8 heteroatoms. The molecule has 1 aromatic rings. The van der Waals surface area contributed by atoms with E-state index < -0.39 is 10.0 Å². The van der Waals surface area contributed by atoms with E-state index in [9.17, 15) is 13.2 Å². The zero-order valence-corrected chi connectivity index (χ0v) is 13.6. The van der Waals surface area contributed by atoms with Crippen molar-refractivity contribution in [2.75, 3.05) is 19.6 Å². The highest BCUT2D eigenvalue weighted by Crippen LogP contribution is 2.22. The average molecular weight is 336 g/mol. The van der Waals surface area contributed by atoms with Crippen LogP contribution < -0.4 is 10.5 Å². The second-order valence-corrected chi connectivity index (χ2v) is 7.39. The van der Waals surface area contributed by atoms with Crippen molar-refractivity contribution in [3.05, 3.63) is 29.8 Å². The minimum absolute atomic E-state index is 0.0593. The number of rotatable bonds is 3. The standard InChI is InChI=1S/C15H20N4O3S/c16-9-11-5-3-4-8-19(11)14(20)10-17-15-12-6-1-2-7-13(12)23(21,22)18-15/h1-2,6-7,11H,3-5,8-10,16H2,(H,17,18). The van der Waals surface area contributed by atoms with Gasteiger partial charge in [-0.3, -0.25) is 14.5 Å². The number of fused-ring (bicyclic) bond motifs is 1. The number of sulfonamides is 1. The first-order valence-electron chi connectivity index (χ1n) is 7.69. The van der Waals surface area contributed by atoms with Crippen molar-refractivity contribution in [2.45, 2.75) is 30.2 Å². The Bertz CT molecular complexity index is 745. The number of benzene rings is 1. The van der Waals surface area contributed by atoms with Crippen molar-refractivity contribution in [1.82, 2.24) is 9.62 Å². The molecule has 0 radical (unpaired) electrons. The number of nitrogens with zero attached hydrogens (tertiary/aromatic N) is 2. The number of carbonyl (C=O) groups is 1. The fourth-order valence-corrected chi connectivity index (χ4v) is 4.31. The Morgan fingerprint density at radius 3 is 2.91 bits per heavy atom. The quantitative estimate of drug-likeness (QED) is 0.814. The number of amides is 1. The van der Waals surface area contributed by atoms with Gasteiger partial charge in [-0.25, -0.2) is 8.42 Å². The molecule has 1 saturated heterocycles. The Kier molecular flexibility index (Phi) is 4.36. The van der Waals surface area contributed by atoms with Gasteiger partial charge >= 0.3 is 0 Å². The first-order chi connectivity index (χ1) is 11.0. The zero-order valence-electron chi connectivity index (χ0n) is 12.7. The van der Waals surface area contributed by atoms with Crippen molar-refractivity contribution >= 4 is 21.8 Å². The van der Waals surface area contributed by atoms with Crippen molar-refractivity contribution in [2.24, 2.45) is 10.7 Å². The van der Waals surface area contributed by atoms with E-state index in [1.165, 1.54) is 6.07 Å². The molecule has 0 aliphatic carbocycles. The monoisotopic (exact) mass is 336 g/mol. The molecule has 3 N–H and O–H groups in total. The van der Waals surface area contributed by atoms with Crippen LogP contribution in [0.2, 0.25) is 0 Å². The molecule has 1 fully saturated rings. The first kappa shape index (κ1) is 15.9. The normalized spacial score (nSPS) is 24.3. The summed E-state index contributed by atoms with van der Waals surface area (Å²) in [6, 6.07) is 6.67. The molecular formula is C15H20N4O3S. The Hall–Kier alpha value is -1.93. The summed E-state index contributed by atoms with van der Waals surface area (Å²) in [7, 11) is -3.57. The lowest BCUT2D eigenvalue weighted by molar-refractivity contribution is -0.133. The van der Waals surface area contributed by atoms with Crippen LogP contribution in [0.15, 0.2) is 34.2 Å². The molecule has 2 aliphatic heterocycles. The highest BCUT2D eigenvalue weighted by atomic mass is 32.2. The van der Waals surface area contributed by atoms with E-state index in [-0.39, 0.29) is 29.2 Å². The highest BCUT2D eigenvalue weighted by molar-refractivity contribution is 7.90. The van der Waals surface area contributed by atoms with Crippen LogP contribution in [0.1, 0.15) is 24.8 Å². The van der Waals surface area contributed by atoms with Gasteiger partial charge < -0.3 is 10.6 Å². The minimum Gasteiger partial charge on any atom is -0.337 e. The molecule has 3 rings (SSSR count). The third-order valence-corrected chi connectivity index (χ3v) is 5.65. The van der Waals surface area contributed by atoms with Gasteiger partial charge in [0, 0.05) is 24.7 Å². The van der Waals surface area contributed by atoms with Crippen molar-refractivity contribution in [3.8, 4) is 0 Å². The van der Waals surface area contributed by atoms with E-state index in [1.54, 1.807) is 23.1 Å². The number of amidine groups is 1. The largest absolute Gasteiger partial charge is 0.337 e. The molecular weight excluding hydrogens is 316 g/mol. The summed E-state index contributed by atoms with van der Waals surface area (Å²) in [5.41, 5.74) is 6.24. The van der Waals surface area contributed by atoms with Gasteiger partial charge in [-0.05, 0) is 31.4 Å². The third-order valence-electron chi connectivity index (χ3n) is 4.25. The highest BCUT2D eigenvalue weighted by Gasteiger charge is 2.31. The molecule has 0 saturated carbocycles. The Balaban J connectivity index is 1.77. The van der Waals surface area contributed by atoms with Crippen molar-refractivity contribution in [1.29, 1.82) is 0 Å². The van der Waals surface area contributed by atoms with Crippen LogP contribution in [-0.2, 0) is 14.8 Å². The molecule has 7 nitrogen and oxygen atoms in total. The summed E-state index contributed by atoms with van der Waals surface area (Å²) in [6.07, 6.45) is 2.95. The summed E-state index contributed by atoms with van der Waals surface area (Å²) in [5, 5.41) is 0. The maximum Gasteiger partial charge on any atom is 0.263 e. The van der Waals surface area contributed by atoms with Crippen LogP contribution in [0, 0.1) is 0 Å². The van der Waals surface area contributed by atoms with Crippen molar-refractivity contribution in [3.63, 3.8) is 0 Å². The molecule has 2 aliphatic rings. The Morgan fingerprint density at radius 2 is 2.13 bits per heavy atom. The maximum absolute atomic E-state index is 12.4. The Morgan fingerprint density at radius 1 is 1.35 bits per heavy atom. The molecule has 1 amide bonds. The smallest absolute Gasteiger partial charge is 0.263 e. The molecule has 1 atom stereocenters. The molecule has 2 heterocycles. The molecule has 23 heavy (non-hydrogen) atoms. The van der Waals surface area contributed by atoms with Crippen LogP contribution in [-0.4, -0.2) is 50.7 Å². The number of hydrogen-bond acceptors (Lipinski definition) is 5. The molecule has 124 valence electrons. The number of aliphatic imine (C=N–C) groups is 1. The summed E-state index contributed by atoms with van der Waals surface area (Å²) in [5.74, 6) is 0.117. The average Bonchev–Trinajstić information content (AvgIpc) is 2.84. The zero-order chi connectivity index (χ0) is 16.4. The summed E-state index contributed by atoms with van der Waals surface area (Å²) in [6.45, 7) is 1.05. The SMILES string of the molecule is NCC1CCCCN1C(=O)CN=C1NS(=O)(=O)c2ccccc21. The second-order valence-electron chi connectivity index (χ2n) is 5.74. The predicted octanol–water partition coefficient (Wildman–Crippen LogP) is 0.0649. The molecule has 0 spiro atoms. The van der Waals surface area contributed by atoms with Gasteiger partial charge in [-0.15, -0.1) is 0 Å². The van der Waals surface area contributed by atoms with Gasteiger partial charge in [0.25, 0.3) is 10.0 Å². The van der Waals surface area contributed by atoms with E-state index in [1.807, 2.05) is 0 Å². The first-order valence-corrected chi connectivity index (χ1v) is 9.17. The van der Waals surface area contributed by atoms with E-state index in [0.717, 1.165) is 19.3 Å². The molecule has 1 unspecified atom stereocenters. The van der Waals surface area contributed by atoms with E-state index >= 15 is 0 Å². The maximum atomic E-state index is 12.4. The number of nitrogens with two attached hydrogens (primary N) is 1. The van der Waals surface area contributed by atoms with Crippen LogP contribution in [0.4, 0.5) is 0 Å². The lowest BCUT2D eigenvalue weighted by atomic mass is 10.0. The fourth-order valence-electron chi connectivity index (χ4n) is 3.06. The van der Waals surface area contributed by atoms with Crippen LogP contribution in [0.5, 0.6) is 0 Å². The Labute approximate surface area is 135 Å². The number of carbonyl (C=O) groups excluding carboxylic acids is 1. The lowest BCUT2D eigenvalue weighted by Crippen LogP contribution is -2.48. The third kappa shape index (κ3) is 3.09. The van der Waals surface area contributed by atoms with Gasteiger partial charge in [0.1, 0.15) is 12.4 Å². The van der Waals surface area contributed by atoms with E-state index in [2.05, 4.69) is 9.71 Å². The van der Waals surface area contributed by atoms with Crippen molar-refractivity contribution < 1.29 is 13.2 Å². The fraction of sp³-hybridized carbons (Fsp3) is 0.467. The summed E-state index contributed by atoms with van der Waals surface area (Å²) < 4.78 is 26.4. The number of nitrogens with one attached hydrogen (secondary N) is 1. The second kappa shape index (κ2) is 6.29. The van der Waals surface area contributed by atoms with Gasteiger partial charge in [-0.1, -0.05) is 12.1 Å². The van der Waals surface area contributed by atoms with Gasteiger partial charge in [0.2, 0.25) is 5.91 Å². The molecule has 1 aromatic carbocycles. The predicted molar refractivity (Wildman–Crippen MR) is 86.6 cm³/mol. The van der Waals surface area contributed by atoms with E-state index in [0.29, 0.717) is 18.7 Å². The summed E-state index contributed by atoms with van der Waals surface area (Å²) in [4.78, 5) is 18.5. The topological polar surface area (TPSA) is 105 Å². The molecule has 0 aromatic heterocycles. The lowest BCUT2D eigenvalue weighted by Gasteiger charge is -2.34. The van der Waals surface area contributed by atoms with E-state index in [4.69, 9.17) is 5.73 Å². The van der Waals surface area contributed by atoms with Gasteiger partial charge in [0.15, 0.2) is 0 Å². The van der Waals surface area contributed by atoms with Crippen LogP contribution >= 0.6 is 0 Å². The summed E-state index contributed by atoms with van der Waals surface area (Å²) >= 11 is 0. The number of hydrogen-bond donors (Lipinski definition) is 2. The number of piperidine rings is 1. The van der Waals surface area contributed by atoms with Crippen LogP contribution in [0.3, 0.4) is 0 Å². The number of likely N-dealkylation sites (tertiary alicyclic amines) is 1. The van der Waals surface area contributed by atoms with Crippen LogP contribution in [0.25, 0.3) is 0 Å². The van der Waals surface area contributed by atoms with Gasteiger partial charge in [0.05, 0.1) is 4.90 Å². The minimum atomic E-state index is -3.57. The van der Waals surface area contributed by atoms with Gasteiger partial charge in [-0.2, -0.15) is 0 Å².